The van der Waals surface area contributed by atoms with Crippen LogP contribution in [-0.4, -0.2) is 43.0 Å². The van der Waals surface area contributed by atoms with Gasteiger partial charge >= 0.3 is 0 Å². The second kappa shape index (κ2) is 6.94. The van der Waals surface area contributed by atoms with Crippen LogP contribution in [0.15, 0.2) is 36.5 Å². The zero-order valence-corrected chi connectivity index (χ0v) is 14.9. The summed E-state index contributed by atoms with van der Waals surface area (Å²) in [6, 6.07) is 9.33. The molecule has 1 aromatic heterocycles. The smallest absolute Gasteiger partial charge is 0.224 e. The number of anilines is 2. The predicted octanol–water partition coefficient (Wildman–Crippen LogP) is 2.37. The van der Waals surface area contributed by atoms with Gasteiger partial charge in [0.25, 0.3) is 0 Å². The summed E-state index contributed by atoms with van der Waals surface area (Å²) in [6.45, 7) is 0.519. The molecule has 24 heavy (non-hydrogen) atoms. The molecule has 2 aromatic rings. The second-order valence-electron chi connectivity index (χ2n) is 5.85. The van der Waals surface area contributed by atoms with E-state index in [9.17, 15) is 8.42 Å². The van der Waals surface area contributed by atoms with Gasteiger partial charge < -0.3 is 10.2 Å². The Hall–Kier alpha value is -1.86. The molecule has 1 aromatic carbocycles. The van der Waals surface area contributed by atoms with Crippen LogP contribution in [0.25, 0.3) is 0 Å². The Morgan fingerprint density at radius 2 is 2.12 bits per heavy atom. The molecule has 2 heterocycles. The molecule has 3 rings (SSSR count). The lowest BCUT2D eigenvalue weighted by Crippen LogP contribution is -2.33. The maximum Gasteiger partial charge on any atom is 0.224 e. The van der Waals surface area contributed by atoms with Gasteiger partial charge in [0.1, 0.15) is 5.82 Å². The molecule has 1 fully saturated rings. The molecule has 0 saturated carbocycles. The lowest BCUT2D eigenvalue weighted by atomic mass is 10.2. The highest BCUT2D eigenvalue weighted by molar-refractivity contribution is 7.91. The van der Waals surface area contributed by atoms with Crippen molar-refractivity contribution in [3.8, 4) is 0 Å². The molecule has 0 spiro atoms. The molecule has 1 aliphatic heterocycles. The van der Waals surface area contributed by atoms with Gasteiger partial charge in [0.15, 0.2) is 9.84 Å². The molecule has 128 valence electrons. The van der Waals surface area contributed by atoms with Crippen LogP contribution < -0.4 is 10.2 Å². The fourth-order valence-corrected chi connectivity index (χ4v) is 4.69. The summed E-state index contributed by atoms with van der Waals surface area (Å²) in [5.74, 6) is 1.61. The summed E-state index contributed by atoms with van der Waals surface area (Å²) in [5, 5.41) is 3.84. The normalized spacial score (nSPS) is 19.2. The standard InChI is InChI=1S/C16H19ClN4O2S/c1-21(13-7-9-24(22,23)11-13)15-6-8-18-16(20-15)19-10-12-4-2-3-5-14(12)17/h2-6,8,13H,7,9-11H2,1H3,(H,18,19,20). The highest BCUT2D eigenvalue weighted by atomic mass is 35.5. The average Bonchev–Trinajstić information content (AvgIpc) is 2.94. The van der Waals surface area contributed by atoms with E-state index < -0.39 is 9.84 Å². The average molecular weight is 367 g/mol. The van der Waals surface area contributed by atoms with Gasteiger partial charge in [-0.15, -0.1) is 0 Å². The Morgan fingerprint density at radius 3 is 2.83 bits per heavy atom. The monoisotopic (exact) mass is 366 g/mol. The lowest BCUT2D eigenvalue weighted by molar-refractivity contribution is 0.600. The van der Waals surface area contributed by atoms with E-state index in [1.807, 2.05) is 36.2 Å². The van der Waals surface area contributed by atoms with Crippen molar-refractivity contribution in [3.05, 3.63) is 47.1 Å². The lowest BCUT2D eigenvalue weighted by Gasteiger charge is -2.24. The first-order valence-electron chi connectivity index (χ1n) is 7.68. The third kappa shape index (κ3) is 3.96. The SMILES string of the molecule is CN(c1ccnc(NCc2ccccc2Cl)n1)C1CCS(=O)(=O)C1. The van der Waals surface area contributed by atoms with Crippen LogP contribution in [0.4, 0.5) is 11.8 Å². The number of sulfone groups is 1. The van der Waals surface area contributed by atoms with Crippen LogP contribution in [0.3, 0.4) is 0 Å². The molecule has 1 atom stereocenters. The van der Waals surface area contributed by atoms with Crippen molar-refractivity contribution in [1.29, 1.82) is 0 Å². The van der Waals surface area contributed by atoms with E-state index >= 15 is 0 Å². The molecule has 1 saturated heterocycles. The second-order valence-corrected chi connectivity index (χ2v) is 8.49. The molecule has 0 radical (unpaired) electrons. The highest BCUT2D eigenvalue weighted by Gasteiger charge is 2.31. The van der Waals surface area contributed by atoms with Gasteiger partial charge in [-0.25, -0.2) is 13.4 Å². The van der Waals surface area contributed by atoms with Crippen molar-refractivity contribution in [1.82, 2.24) is 9.97 Å². The molecular formula is C16H19ClN4O2S. The fourth-order valence-electron chi connectivity index (χ4n) is 2.71. The minimum Gasteiger partial charge on any atom is -0.355 e. The Bertz CT molecular complexity index is 828. The fraction of sp³-hybridized carbons (Fsp3) is 0.375. The van der Waals surface area contributed by atoms with Crippen molar-refractivity contribution in [3.63, 3.8) is 0 Å². The summed E-state index contributed by atoms with van der Waals surface area (Å²) in [6.07, 6.45) is 2.29. The minimum atomic E-state index is -2.92. The first-order chi connectivity index (χ1) is 11.4. The van der Waals surface area contributed by atoms with E-state index in [0.29, 0.717) is 29.8 Å². The van der Waals surface area contributed by atoms with Gasteiger partial charge in [-0.05, 0) is 24.1 Å². The van der Waals surface area contributed by atoms with Crippen LogP contribution in [-0.2, 0) is 16.4 Å². The molecule has 6 nitrogen and oxygen atoms in total. The number of halogens is 1. The third-order valence-corrected chi connectivity index (χ3v) is 6.27. The van der Waals surface area contributed by atoms with Crippen molar-refractivity contribution < 1.29 is 8.42 Å². The molecule has 1 N–H and O–H groups in total. The van der Waals surface area contributed by atoms with Gasteiger partial charge in [-0.1, -0.05) is 29.8 Å². The third-order valence-electron chi connectivity index (χ3n) is 4.15. The molecule has 0 amide bonds. The Kier molecular flexibility index (Phi) is 4.91. The molecule has 0 aliphatic carbocycles. The van der Waals surface area contributed by atoms with E-state index in [1.54, 1.807) is 12.3 Å². The number of benzene rings is 1. The summed E-state index contributed by atoms with van der Waals surface area (Å²) in [7, 11) is -1.06. The summed E-state index contributed by atoms with van der Waals surface area (Å²) in [5.41, 5.74) is 0.961. The Labute approximate surface area is 146 Å². The topological polar surface area (TPSA) is 75.2 Å². The van der Waals surface area contributed by atoms with E-state index in [2.05, 4.69) is 15.3 Å². The summed E-state index contributed by atoms with van der Waals surface area (Å²) in [4.78, 5) is 10.6. The highest BCUT2D eigenvalue weighted by Crippen LogP contribution is 2.22. The molecule has 0 bridgehead atoms. The summed E-state index contributed by atoms with van der Waals surface area (Å²) >= 11 is 6.14. The van der Waals surface area contributed by atoms with E-state index in [0.717, 1.165) is 5.56 Å². The maximum atomic E-state index is 11.7. The van der Waals surface area contributed by atoms with E-state index in [4.69, 9.17) is 11.6 Å². The predicted molar refractivity (Wildman–Crippen MR) is 96.3 cm³/mol. The zero-order valence-electron chi connectivity index (χ0n) is 13.3. The minimum absolute atomic E-state index is 0.0404. The Balaban J connectivity index is 1.69. The van der Waals surface area contributed by atoms with Crippen LogP contribution in [0.1, 0.15) is 12.0 Å². The van der Waals surface area contributed by atoms with Crippen LogP contribution in [0.5, 0.6) is 0 Å². The van der Waals surface area contributed by atoms with Crippen LogP contribution in [0.2, 0.25) is 5.02 Å². The zero-order chi connectivity index (χ0) is 17.2. The van der Waals surface area contributed by atoms with Crippen molar-refractivity contribution in [2.75, 3.05) is 28.8 Å². The van der Waals surface area contributed by atoms with Gasteiger partial charge in [0.2, 0.25) is 5.95 Å². The van der Waals surface area contributed by atoms with Gasteiger partial charge in [0, 0.05) is 30.9 Å². The van der Waals surface area contributed by atoms with Crippen LogP contribution >= 0.6 is 11.6 Å². The number of hydrogen-bond donors (Lipinski definition) is 1. The molecule has 1 aliphatic rings. The molecule has 1 unspecified atom stereocenters. The van der Waals surface area contributed by atoms with Gasteiger partial charge in [-0.3, -0.25) is 0 Å². The number of nitrogens with one attached hydrogen (secondary N) is 1. The van der Waals surface area contributed by atoms with E-state index in [1.165, 1.54) is 0 Å². The Morgan fingerprint density at radius 1 is 1.33 bits per heavy atom. The van der Waals surface area contributed by atoms with Crippen molar-refractivity contribution in [2.45, 2.75) is 19.0 Å². The van der Waals surface area contributed by atoms with Gasteiger partial charge in [-0.2, -0.15) is 4.98 Å². The van der Waals surface area contributed by atoms with Gasteiger partial charge in [0.05, 0.1) is 11.5 Å². The first-order valence-corrected chi connectivity index (χ1v) is 9.88. The number of nitrogens with zero attached hydrogens (tertiary/aromatic N) is 3. The largest absolute Gasteiger partial charge is 0.355 e. The number of hydrogen-bond acceptors (Lipinski definition) is 6. The van der Waals surface area contributed by atoms with Crippen molar-refractivity contribution >= 4 is 33.2 Å². The number of aromatic nitrogens is 2. The quantitative estimate of drug-likeness (QED) is 0.875. The van der Waals surface area contributed by atoms with Crippen LogP contribution in [0, 0.1) is 0 Å². The maximum absolute atomic E-state index is 11.7. The first kappa shape index (κ1) is 17.0. The summed E-state index contributed by atoms with van der Waals surface area (Å²) < 4.78 is 23.3. The number of rotatable bonds is 5. The van der Waals surface area contributed by atoms with E-state index in [-0.39, 0.29) is 17.5 Å². The molecular weight excluding hydrogens is 348 g/mol. The molecule has 8 heteroatoms. The van der Waals surface area contributed by atoms with Crippen molar-refractivity contribution in [2.24, 2.45) is 0 Å².